The fourth-order valence-corrected chi connectivity index (χ4v) is 2.39. The van der Waals surface area contributed by atoms with Crippen molar-refractivity contribution in [3.8, 4) is 5.75 Å². The molecule has 1 aromatic heterocycles. The summed E-state index contributed by atoms with van der Waals surface area (Å²) < 4.78 is 5.68. The van der Waals surface area contributed by atoms with Gasteiger partial charge in [-0.25, -0.2) is 0 Å². The van der Waals surface area contributed by atoms with Crippen LogP contribution in [-0.2, 0) is 6.54 Å². The van der Waals surface area contributed by atoms with E-state index >= 15 is 0 Å². The SMILES string of the molecule is O[C@H](CNCc1cccnc1)COc1ccc2ccccc2c1. The minimum Gasteiger partial charge on any atom is -0.491 e. The van der Waals surface area contributed by atoms with Crippen LogP contribution in [0.1, 0.15) is 5.56 Å². The van der Waals surface area contributed by atoms with Crippen LogP contribution < -0.4 is 10.1 Å². The Morgan fingerprint density at radius 1 is 1.04 bits per heavy atom. The van der Waals surface area contributed by atoms with Crippen molar-refractivity contribution in [2.75, 3.05) is 13.2 Å². The zero-order valence-corrected chi connectivity index (χ0v) is 12.9. The lowest BCUT2D eigenvalue weighted by atomic mass is 10.1. The molecule has 23 heavy (non-hydrogen) atoms. The van der Waals surface area contributed by atoms with Crippen molar-refractivity contribution in [1.82, 2.24) is 10.3 Å². The first-order chi connectivity index (χ1) is 11.3. The van der Waals surface area contributed by atoms with Crippen molar-refractivity contribution in [2.45, 2.75) is 12.6 Å². The molecule has 1 heterocycles. The van der Waals surface area contributed by atoms with Crippen LogP contribution in [0.2, 0.25) is 0 Å². The van der Waals surface area contributed by atoms with Crippen molar-refractivity contribution >= 4 is 10.8 Å². The molecule has 0 bridgehead atoms. The molecule has 0 unspecified atom stereocenters. The van der Waals surface area contributed by atoms with Gasteiger partial charge in [-0.2, -0.15) is 0 Å². The second kappa shape index (κ2) is 7.72. The molecule has 4 heteroatoms. The quantitative estimate of drug-likeness (QED) is 0.705. The molecule has 0 aliphatic heterocycles. The molecule has 0 radical (unpaired) electrons. The second-order valence-electron chi connectivity index (χ2n) is 5.47. The maximum absolute atomic E-state index is 10.00. The van der Waals surface area contributed by atoms with E-state index in [-0.39, 0.29) is 6.61 Å². The Balaban J connectivity index is 1.45. The summed E-state index contributed by atoms with van der Waals surface area (Å²) in [5.74, 6) is 0.773. The number of pyridine rings is 1. The lowest BCUT2D eigenvalue weighted by Gasteiger charge is -2.13. The second-order valence-corrected chi connectivity index (χ2v) is 5.47. The average Bonchev–Trinajstić information content (AvgIpc) is 2.61. The van der Waals surface area contributed by atoms with E-state index in [1.165, 1.54) is 5.39 Å². The Morgan fingerprint density at radius 2 is 1.91 bits per heavy atom. The molecule has 0 saturated heterocycles. The summed E-state index contributed by atoms with van der Waals surface area (Å²) >= 11 is 0. The molecule has 4 nitrogen and oxygen atoms in total. The smallest absolute Gasteiger partial charge is 0.120 e. The van der Waals surface area contributed by atoms with Crippen molar-refractivity contribution in [1.29, 1.82) is 0 Å². The van der Waals surface area contributed by atoms with Gasteiger partial charge in [0.05, 0.1) is 0 Å². The predicted molar refractivity (Wildman–Crippen MR) is 91.4 cm³/mol. The van der Waals surface area contributed by atoms with Crippen molar-refractivity contribution in [3.05, 3.63) is 72.6 Å². The fraction of sp³-hybridized carbons (Fsp3) is 0.211. The largest absolute Gasteiger partial charge is 0.491 e. The van der Waals surface area contributed by atoms with E-state index in [0.717, 1.165) is 16.7 Å². The summed E-state index contributed by atoms with van der Waals surface area (Å²) in [7, 11) is 0. The number of benzene rings is 2. The maximum Gasteiger partial charge on any atom is 0.120 e. The Labute approximate surface area is 135 Å². The van der Waals surface area contributed by atoms with E-state index in [9.17, 15) is 5.11 Å². The van der Waals surface area contributed by atoms with Gasteiger partial charge in [0, 0.05) is 25.5 Å². The van der Waals surface area contributed by atoms with E-state index in [2.05, 4.69) is 16.4 Å². The van der Waals surface area contributed by atoms with Gasteiger partial charge in [0.15, 0.2) is 0 Å². The number of aromatic nitrogens is 1. The van der Waals surface area contributed by atoms with Crippen LogP contribution in [0.15, 0.2) is 67.0 Å². The first-order valence-electron chi connectivity index (χ1n) is 7.70. The third kappa shape index (κ3) is 4.52. The van der Waals surface area contributed by atoms with Gasteiger partial charge in [-0.3, -0.25) is 4.98 Å². The number of ether oxygens (including phenoxy) is 1. The van der Waals surface area contributed by atoms with E-state index in [1.54, 1.807) is 6.20 Å². The summed E-state index contributed by atoms with van der Waals surface area (Å²) in [5, 5.41) is 15.5. The van der Waals surface area contributed by atoms with E-state index in [0.29, 0.717) is 13.1 Å². The Morgan fingerprint density at radius 3 is 2.74 bits per heavy atom. The van der Waals surface area contributed by atoms with Gasteiger partial charge < -0.3 is 15.2 Å². The number of fused-ring (bicyclic) bond motifs is 1. The lowest BCUT2D eigenvalue weighted by Crippen LogP contribution is -2.31. The summed E-state index contributed by atoms with van der Waals surface area (Å²) in [5.41, 5.74) is 1.09. The molecule has 2 N–H and O–H groups in total. The molecule has 0 aliphatic carbocycles. The highest BCUT2D eigenvalue weighted by Crippen LogP contribution is 2.20. The molecule has 0 saturated carbocycles. The van der Waals surface area contributed by atoms with Gasteiger partial charge in [0.2, 0.25) is 0 Å². The van der Waals surface area contributed by atoms with Gasteiger partial charge in [-0.15, -0.1) is 0 Å². The van der Waals surface area contributed by atoms with Crippen molar-refractivity contribution in [3.63, 3.8) is 0 Å². The highest BCUT2D eigenvalue weighted by Gasteiger charge is 2.05. The molecule has 0 amide bonds. The van der Waals surface area contributed by atoms with Crippen LogP contribution in [0.3, 0.4) is 0 Å². The highest BCUT2D eigenvalue weighted by atomic mass is 16.5. The molecule has 3 aromatic rings. The molecule has 2 aromatic carbocycles. The van der Waals surface area contributed by atoms with Gasteiger partial charge in [0.25, 0.3) is 0 Å². The zero-order valence-electron chi connectivity index (χ0n) is 12.9. The van der Waals surface area contributed by atoms with Gasteiger partial charge in [0.1, 0.15) is 18.5 Å². The number of aliphatic hydroxyl groups excluding tert-OH is 1. The van der Waals surface area contributed by atoms with Crippen LogP contribution in [0.25, 0.3) is 10.8 Å². The topological polar surface area (TPSA) is 54.4 Å². The lowest BCUT2D eigenvalue weighted by molar-refractivity contribution is 0.106. The summed E-state index contributed by atoms with van der Waals surface area (Å²) in [6.45, 7) is 1.42. The Kier molecular flexibility index (Phi) is 5.19. The molecular weight excluding hydrogens is 288 g/mol. The van der Waals surface area contributed by atoms with Gasteiger partial charge in [-0.1, -0.05) is 36.4 Å². The van der Waals surface area contributed by atoms with Gasteiger partial charge in [-0.05, 0) is 34.5 Å². The number of nitrogens with one attached hydrogen (secondary N) is 1. The maximum atomic E-state index is 10.00. The van der Waals surface area contributed by atoms with Crippen LogP contribution in [0.5, 0.6) is 5.75 Å². The summed E-state index contributed by atoms with van der Waals surface area (Å²) in [6.07, 6.45) is 3.00. The minimum absolute atomic E-state index is 0.262. The van der Waals surface area contributed by atoms with Crippen molar-refractivity contribution in [2.24, 2.45) is 0 Å². The molecule has 3 rings (SSSR count). The van der Waals surface area contributed by atoms with Crippen LogP contribution in [-0.4, -0.2) is 29.3 Å². The molecule has 0 fully saturated rings. The molecule has 0 spiro atoms. The number of hydrogen-bond acceptors (Lipinski definition) is 4. The molecule has 1 atom stereocenters. The number of nitrogens with zero attached hydrogens (tertiary/aromatic N) is 1. The van der Waals surface area contributed by atoms with E-state index in [1.807, 2.05) is 54.7 Å². The summed E-state index contributed by atoms with van der Waals surface area (Å²) in [6, 6.07) is 18.0. The van der Waals surface area contributed by atoms with E-state index < -0.39 is 6.10 Å². The zero-order chi connectivity index (χ0) is 15.9. The third-order valence-electron chi connectivity index (χ3n) is 3.60. The normalized spacial score (nSPS) is 12.2. The first kappa shape index (κ1) is 15.5. The molecule has 0 aliphatic rings. The first-order valence-corrected chi connectivity index (χ1v) is 7.70. The third-order valence-corrected chi connectivity index (χ3v) is 3.60. The molecular formula is C19H20N2O2. The average molecular weight is 308 g/mol. The monoisotopic (exact) mass is 308 g/mol. The predicted octanol–water partition coefficient (Wildman–Crippen LogP) is 2.76. The summed E-state index contributed by atoms with van der Waals surface area (Å²) in [4.78, 5) is 4.06. The Bertz CT molecular complexity index is 746. The standard InChI is InChI=1S/C19H20N2O2/c22-18(13-21-12-15-4-3-9-20-11-15)14-23-19-8-7-16-5-1-2-6-17(16)10-19/h1-11,18,21-22H,12-14H2/t18-/m1/s1. The number of hydrogen-bond donors (Lipinski definition) is 2. The minimum atomic E-state index is -0.557. The van der Waals surface area contributed by atoms with Crippen LogP contribution in [0, 0.1) is 0 Å². The van der Waals surface area contributed by atoms with Crippen LogP contribution in [0.4, 0.5) is 0 Å². The van der Waals surface area contributed by atoms with Crippen molar-refractivity contribution < 1.29 is 9.84 Å². The van der Waals surface area contributed by atoms with E-state index in [4.69, 9.17) is 4.74 Å². The fourth-order valence-electron chi connectivity index (χ4n) is 2.39. The number of rotatable bonds is 7. The molecule has 118 valence electrons. The van der Waals surface area contributed by atoms with Crippen LogP contribution >= 0.6 is 0 Å². The number of aliphatic hydroxyl groups is 1. The van der Waals surface area contributed by atoms with Gasteiger partial charge >= 0.3 is 0 Å². The Hall–Kier alpha value is -2.43. The highest BCUT2D eigenvalue weighted by molar-refractivity contribution is 5.83.